The van der Waals surface area contributed by atoms with Crippen molar-refractivity contribution in [3.8, 4) is 0 Å². The number of benzene rings is 1. The molecule has 2 aromatic rings. The van der Waals surface area contributed by atoms with Crippen LogP contribution in [-0.2, 0) is 11.2 Å². The van der Waals surface area contributed by atoms with Gasteiger partial charge in [-0.25, -0.2) is 9.69 Å². The summed E-state index contributed by atoms with van der Waals surface area (Å²) in [6.07, 6.45) is 6.39. The van der Waals surface area contributed by atoms with E-state index in [1.807, 2.05) is 24.3 Å². The van der Waals surface area contributed by atoms with E-state index in [1.54, 1.807) is 9.80 Å². The molecule has 0 spiro atoms. The molecular formula is C22H27N5O4. The Bertz CT molecular complexity index is 970. The number of carboxylic acids is 1. The molecule has 2 unspecified atom stereocenters. The van der Waals surface area contributed by atoms with Gasteiger partial charge in [0.1, 0.15) is 0 Å². The molecule has 1 saturated carbocycles. The molecule has 0 bridgehead atoms. The third kappa shape index (κ3) is 3.89. The number of hydrogen-bond acceptors (Lipinski definition) is 6. The SMILES string of the molecule is O=C(O)C1CNC1Cc1cccc(N2CCN(c3nc(C4CCCCC4)no3)C2=O)c1. The Morgan fingerprint density at radius 3 is 2.74 bits per heavy atom. The van der Waals surface area contributed by atoms with E-state index in [0.717, 1.165) is 24.1 Å². The average molecular weight is 425 g/mol. The lowest BCUT2D eigenvalue weighted by atomic mass is 9.87. The summed E-state index contributed by atoms with van der Waals surface area (Å²) in [7, 11) is 0. The van der Waals surface area contributed by atoms with Crippen LogP contribution in [0, 0.1) is 5.92 Å². The number of nitrogens with one attached hydrogen (secondary N) is 1. The molecule has 9 nitrogen and oxygen atoms in total. The molecule has 164 valence electrons. The van der Waals surface area contributed by atoms with Gasteiger partial charge in [0.15, 0.2) is 5.82 Å². The molecule has 2 amide bonds. The summed E-state index contributed by atoms with van der Waals surface area (Å²) < 4.78 is 5.44. The monoisotopic (exact) mass is 425 g/mol. The number of carbonyl (C=O) groups is 2. The highest BCUT2D eigenvalue weighted by Crippen LogP contribution is 2.33. The number of carbonyl (C=O) groups excluding carboxylic acids is 1. The van der Waals surface area contributed by atoms with E-state index in [-0.39, 0.29) is 24.0 Å². The Kier molecular flexibility index (Phi) is 5.35. The van der Waals surface area contributed by atoms with Crippen molar-refractivity contribution >= 4 is 23.7 Å². The lowest BCUT2D eigenvalue weighted by Crippen LogP contribution is -2.57. The van der Waals surface area contributed by atoms with E-state index < -0.39 is 5.97 Å². The van der Waals surface area contributed by atoms with Crippen LogP contribution in [-0.4, -0.2) is 52.9 Å². The number of carboxylic acid groups (broad SMARTS) is 1. The Labute approximate surface area is 180 Å². The van der Waals surface area contributed by atoms with E-state index in [4.69, 9.17) is 4.52 Å². The quantitative estimate of drug-likeness (QED) is 0.732. The van der Waals surface area contributed by atoms with Crippen LogP contribution < -0.4 is 15.1 Å². The van der Waals surface area contributed by atoms with Crippen LogP contribution in [0.1, 0.15) is 49.4 Å². The second kappa shape index (κ2) is 8.30. The zero-order chi connectivity index (χ0) is 21.4. The lowest BCUT2D eigenvalue weighted by Gasteiger charge is -2.35. The number of anilines is 2. The van der Waals surface area contributed by atoms with Gasteiger partial charge in [-0.15, -0.1) is 0 Å². The highest BCUT2D eigenvalue weighted by molar-refractivity contribution is 6.04. The van der Waals surface area contributed by atoms with Gasteiger partial charge >= 0.3 is 18.0 Å². The van der Waals surface area contributed by atoms with Crippen molar-refractivity contribution in [2.45, 2.75) is 50.5 Å². The Hall–Kier alpha value is -2.94. The molecule has 2 atom stereocenters. The fraction of sp³-hybridized carbons (Fsp3) is 0.545. The van der Waals surface area contributed by atoms with Crippen LogP contribution in [0.25, 0.3) is 0 Å². The van der Waals surface area contributed by atoms with Gasteiger partial charge in [-0.3, -0.25) is 9.69 Å². The number of aliphatic carboxylic acids is 1. The second-order valence-electron chi connectivity index (χ2n) is 8.69. The second-order valence-corrected chi connectivity index (χ2v) is 8.69. The fourth-order valence-electron chi connectivity index (χ4n) is 4.80. The van der Waals surface area contributed by atoms with E-state index in [1.165, 1.54) is 19.3 Å². The summed E-state index contributed by atoms with van der Waals surface area (Å²) in [6.45, 7) is 1.52. The minimum absolute atomic E-state index is 0.0740. The molecule has 3 heterocycles. The summed E-state index contributed by atoms with van der Waals surface area (Å²) in [4.78, 5) is 32.1. The van der Waals surface area contributed by atoms with Crippen molar-refractivity contribution in [3.63, 3.8) is 0 Å². The smallest absolute Gasteiger partial charge is 0.332 e. The van der Waals surface area contributed by atoms with Gasteiger partial charge in [-0.2, -0.15) is 4.98 Å². The Balaban J connectivity index is 1.27. The van der Waals surface area contributed by atoms with Crippen LogP contribution in [0.4, 0.5) is 16.5 Å². The Morgan fingerprint density at radius 1 is 1.19 bits per heavy atom. The van der Waals surface area contributed by atoms with E-state index >= 15 is 0 Å². The van der Waals surface area contributed by atoms with Gasteiger partial charge in [0.2, 0.25) is 0 Å². The largest absolute Gasteiger partial charge is 0.481 e. The zero-order valence-corrected chi connectivity index (χ0v) is 17.4. The van der Waals surface area contributed by atoms with Gasteiger partial charge < -0.3 is 14.9 Å². The fourth-order valence-corrected chi connectivity index (χ4v) is 4.80. The van der Waals surface area contributed by atoms with Crippen LogP contribution in [0.2, 0.25) is 0 Å². The molecule has 1 aromatic heterocycles. The molecule has 1 aromatic carbocycles. The molecule has 3 aliphatic rings. The lowest BCUT2D eigenvalue weighted by molar-refractivity contribution is -0.145. The number of nitrogens with zero attached hydrogens (tertiary/aromatic N) is 4. The number of amides is 2. The summed E-state index contributed by atoms with van der Waals surface area (Å²) in [5.41, 5.74) is 1.80. The zero-order valence-electron chi connectivity index (χ0n) is 17.4. The van der Waals surface area contributed by atoms with Crippen molar-refractivity contribution in [2.24, 2.45) is 5.92 Å². The first-order valence-corrected chi connectivity index (χ1v) is 11.1. The van der Waals surface area contributed by atoms with Gasteiger partial charge in [0.25, 0.3) is 0 Å². The van der Waals surface area contributed by atoms with E-state index in [0.29, 0.717) is 37.8 Å². The number of rotatable bonds is 6. The summed E-state index contributed by atoms with van der Waals surface area (Å²) in [6, 6.07) is 7.75. The first-order chi connectivity index (χ1) is 15.1. The van der Waals surface area contributed by atoms with Crippen LogP contribution in [0.3, 0.4) is 0 Å². The first-order valence-electron chi connectivity index (χ1n) is 11.1. The third-order valence-electron chi connectivity index (χ3n) is 6.72. The predicted molar refractivity (Wildman–Crippen MR) is 113 cm³/mol. The maximum Gasteiger partial charge on any atom is 0.332 e. The number of urea groups is 1. The molecule has 0 radical (unpaired) electrons. The molecule has 31 heavy (non-hydrogen) atoms. The highest BCUT2D eigenvalue weighted by atomic mass is 16.5. The van der Waals surface area contributed by atoms with Crippen molar-refractivity contribution in [2.75, 3.05) is 29.4 Å². The normalized spacial score (nSPS) is 24.5. The molecule has 1 aliphatic carbocycles. The van der Waals surface area contributed by atoms with Crippen molar-refractivity contribution in [1.82, 2.24) is 15.5 Å². The maximum absolute atomic E-state index is 13.1. The van der Waals surface area contributed by atoms with Crippen molar-refractivity contribution in [1.29, 1.82) is 0 Å². The van der Waals surface area contributed by atoms with Gasteiger partial charge in [0, 0.05) is 30.7 Å². The topological polar surface area (TPSA) is 112 Å². The third-order valence-corrected chi connectivity index (χ3v) is 6.72. The molecule has 2 saturated heterocycles. The van der Waals surface area contributed by atoms with E-state index in [9.17, 15) is 14.7 Å². The summed E-state index contributed by atoms with van der Waals surface area (Å²) in [5.74, 6) is -0.0868. The number of aromatic nitrogens is 2. The van der Waals surface area contributed by atoms with Gasteiger partial charge in [0.05, 0.1) is 12.5 Å². The van der Waals surface area contributed by atoms with Crippen molar-refractivity contribution < 1.29 is 19.2 Å². The Morgan fingerprint density at radius 2 is 2.00 bits per heavy atom. The van der Waals surface area contributed by atoms with E-state index in [2.05, 4.69) is 15.5 Å². The van der Waals surface area contributed by atoms with Crippen LogP contribution in [0.5, 0.6) is 0 Å². The molecule has 3 fully saturated rings. The van der Waals surface area contributed by atoms with Crippen LogP contribution >= 0.6 is 0 Å². The predicted octanol–water partition coefficient (Wildman–Crippen LogP) is 2.78. The molecule has 5 rings (SSSR count). The summed E-state index contributed by atoms with van der Waals surface area (Å²) >= 11 is 0. The molecule has 9 heteroatoms. The minimum atomic E-state index is -0.766. The minimum Gasteiger partial charge on any atom is -0.481 e. The maximum atomic E-state index is 13.1. The van der Waals surface area contributed by atoms with Crippen molar-refractivity contribution in [3.05, 3.63) is 35.7 Å². The van der Waals surface area contributed by atoms with Crippen LogP contribution in [0.15, 0.2) is 28.8 Å². The average Bonchev–Trinajstić information content (AvgIpc) is 3.38. The first kappa shape index (κ1) is 20.0. The standard InChI is InChI=1S/C22H27N5O4/c28-20(29)17-13-23-18(17)12-14-5-4-8-16(11-14)26-9-10-27(22(26)30)21-24-19(25-31-21)15-6-2-1-3-7-15/h4-5,8,11,15,17-18,23H,1-3,6-7,9-10,12-13H2,(H,28,29). The highest BCUT2D eigenvalue weighted by Gasteiger charge is 2.37. The molecule has 2 aliphatic heterocycles. The number of hydrogen-bond donors (Lipinski definition) is 2. The molecular weight excluding hydrogens is 398 g/mol. The van der Waals surface area contributed by atoms with Gasteiger partial charge in [-0.05, 0) is 37.0 Å². The van der Waals surface area contributed by atoms with Gasteiger partial charge in [-0.1, -0.05) is 36.6 Å². The summed E-state index contributed by atoms with van der Waals surface area (Å²) in [5, 5.41) is 16.6. The molecule has 2 N–H and O–H groups in total.